The van der Waals surface area contributed by atoms with Gasteiger partial charge in [0.05, 0.1) is 6.61 Å². The van der Waals surface area contributed by atoms with Crippen LogP contribution < -0.4 is 0 Å². The molecular weight excluding hydrogens is 350 g/mol. The zero-order valence-electron chi connectivity index (χ0n) is 16.8. The van der Waals surface area contributed by atoms with E-state index in [0.717, 1.165) is 13.1 Å². The van der Waals surface area contributed by atoms with Crippen LogP contribution in [0.5, 0.6) is 0 Å². The van der Waals surface area contributed by atoms with Crippen molar-refractivity contribution in [3.8, 4) is 11.8 Å². The second kappa shape index (κ2) is 9.36. The van der Waals surface area contributed by atoms with Crippen molar-refractivity contribution in [1.82, 2.24) is 4.90 Å². The molecule has 0 radical (unpaired) electrons. The van der Waals surface area contributed by atoms with Gasteiger partial charge in [-0.05, 0) is 31.9 Å². The number of hydrogen-bond donors (Lipinski definition) is 1. The largest absolute Gasteiger partial charge is 0.379 e. The number of ether oxygens (including phenoxy) is 2. The third-order valence-corrected chi connectivity index (χ3v) is 4.89. The van der Waals surface area contributed by atoms with Crippen LogP contribution >= 0.6 is 0 Å². The third kappa shape index (κ3) is 5.92. The van der Waals surface area contributed by atoms with Gasteiger partial charge in [-0.3, -0.25) is 4.90 Å². The average molecular weight is 380 g/mol. The highest BCUT2D eigenvalue weighted by Crippen LogP contribution is 2.22. The van der Waals surface area contributed by atoms with Gasteiger partial charge in [0.2, 0.25) is 0 Å². The van der Waals surface area contributed by atoms with E-state index in [4.69, 9.17) is 9.47 Å². The molecule has 2 aromatic carbocycles. The van der Waals surface area contributed by atoms with Gasteiger partial charge in [-0.2, -0.15) is 0 Å². The summed E-state index contributed by atoms with van der Waals surface area (Å²) in [4.78, 5) is 2.25. The molecule has 1 N–H and O–H groups in total. The van der Waals surface area contributed by atoms with Crippen molar-refractivity contribution < 1.29 is 14.6 Å². The van der Waals surface area contributed by atoms with Crippen molar-refractivity contribution in [3.63, 3.8) is 0 Å². The number of aliphatic hydroxyl groups excluding tert-OH is 1. The Kier molecular flexibility index (Phi) is 6.88. The molecule has 0 spiro atoms. The molecule has 0 aliphatic carbocycles. The summed E-state index contributed by atoms with van der Waals surface area (Å²) in [7, 11) is 0. The van der Waals surface area contributed by atoms with Gasteiger partial charge in [-0.15, -0.1) is 0 Å². The molecule has 1 fully saturated rings. The molecule has 1 saturated heterocycles. The zero-order chi connectivity index (χ0) is 20.0. The van der Waals surface area contributed by atoms with E-state index in [1.807, 2.05) is 57.2 Å². The molecule has 3 rings (SSSR count). The molecule has 4 nitrogen and oxygen atoms in total. The number of rotatable bonds is 6. The maximum atomic E-state index is 10.7. The number of hydrogen-bond acceptors (Lipinski definition) is 4. The summed E-state index contributed by atoms with van der Waals surface area (Å²) in [6.07, 6.45) is -1.08. The van der Waals surface area contributed by atoms with Crippen molar-refractivity contribution in [2.75, 3.05) is 6.61 Å². The normalized spacial score (nSPS) is 20.4. The van der Waals surface area contributed by atoms with Gasteiger partial charge < -0.3 is 14.6 Å². The molecular formula is C24H29NO3. The van der Waals surface area contributed by atoms with Crippen LogP contribution in [0.4, 0.5) is 0 Å². The van der Waals surface area contributed by atoms with Gasteiger partial charge in [0.25, 0.3) is 0 Å². The molecule has 1 heterocycles. The fourth-order valence-corrected chi connectivity index (χ4v) is 3.24. The molecule has 0 saturated carbocycles. The Balaban J connectivity index is 1.71. The molecule has 0 bridgehead atoms. The molecule has 0 unspecified atom stereocenters. The minimum Gasteiger partial charge on any atom is -0.379 e. The van der Waals surface area contributed by atoms with Crippen LogP contribution in [0.25, 0.3) is 0 Å². The molecule has 2 aromatic rings. The first-order chi connectivity index (χ1) is 13.4. The van der Waals surface area contributed by atoms with Gasteiger partial charge in [-0.1, -0.05) is 72.5 Å². The third-order valence-electron chi connectivity index (χ3n) is 4.89. The Bertz CT molecular complexity index is 753. The van der Waals surface area contributed by atoms with Crippen LogP contribution in [0, 0.1) is 11.8 Å². The predicted molar refractivity (Wildman–Crippen MR) is 110 cm³/mol. The van der Waals surface area contributed by atoms with Crippen LogP contribution in [0.2, 0.25) is 0 Å². The topological polar surface area (TPSA) is 41.9 Å². The maximum absolute atomic E-state index is 10.7. The Hall–Kier alpha value is -2.16. The summed E-state index contributed by atoms with van der Waals surface area (Å²) in [5, 5.41) is 10.7. The summed E-state index contributed by atoms with van der Waals surface area (Å²) in [5.41, 5.74) is 2.42. The highest BCUT2D eigenvalue weighted by molar-refractivity contribution is 5.19. The van der Waals surface area contributed by atoms with Crippen LogP contribution in [-0.4, -0.2) is 40.7 Å². The van der Waals surface area contributed by atoms with E-state index in [2.05, 4.69) is 41.0 Å². The summed E-state index contributed by atoms with van der Waals surface area (Å²) >= 11 is 0. The molecule has 0 aromatic heterocycles. The first-order valence-electron chi connectivity index (χ1n) is 9.76. The quantitative estimate of drug-likeness (QED) is 0.779. The summed E-state index contributed by atoms with van der Waals surface area (Å²) in [6.45, 7) is 7.67. The Morgan fingerprint density at radius 2 is 1.57 bits per heavy atom. The van der Waals surface area contributed by atoms with Crippen molar-refractivity contribution >= 4 is 0 Å². The predicted octanol–water partition coefficient (Wildman–Crippen LogP) is 3.59. The Labute approximate surface area is 168 Å². The van der Waals surface area contributed by atoms with Crippen molar-refractivity contribution in [3.05, 3.63) is 71.8 Å². The lowest BCUT2D eigenvalue weighted by Crippen LogP contribution is -2.40. The lowest BCUT2D eigenvalue weighted by atomic mass is 10.1. The van der Waals surface area contributed by atoms with E-state index in [-0.39, 0.29) is 12.1 Å². The van der Waals surface area contributed by atoms with Crippen molar-refractivity contribution in [2.45, 2.75) is 57.9 Å². The van der Waals surface area contributed by atoms with E-state index in [1.54, 1.807) is 0 Å². The first kappa shape index (κ1) is 20.6. The summed E-state index contributed by atoms with van der Waals surface area (Å²) < 4.78 is 11.2. The van der Waals surface area contributed by atoms with E-state index in [1.165, 1.54) is 11.1 Å². The first-order valence-corrected chi connectivity index (χ1v) is 9.76. The lowest BCUT2D eigenvalue weighted by Gasteiger charge is -2.30. The highest BCUT2D eigenvalue weighted by atomic mass is 16.7. The Morgan fingerprint density at radius 3 is 2.04 bits per heavy atom. The molecule has 3 atom stereocenters. The molecule has 1 aliphatic rings. The van der Waals surface area contributed by atoms with Gasteiger partial charge in [0, 0.05) is 19.1 Å². The fourth-order valence-electron chi connectivity index (χ4n) is 3.24. The Morgan fingerprint density at radius 1 is 1.04 bits per heavy atom. The highest BCUT2D eigenvalue weighted by Gasteiger charge is 2.31. The number of nitrogens with zero attached hydrogens (tertiary/aromatic N) is 1. The van der Waals surface area contributed by atoms with Gasteiger partial charge in [-0.25, -0.2) is 0 Å². The van der Waals surface area contributed by atoms with Gasteiger partial charge in [0.15, 0.2) is 5.79 Å². The monoisotopic (exact) mass is 379 g/mol. The van der Waals surface area contributed by atoms with E-state index >= 15 is 0 Å². The van der Waals surface area contributed by atoms with Crippen LogP contribution in [-0.2, 0) is 22.6 Å². The van der Waals surface area contributed by atoms with Crippen LogP contribution in [0.1, 0.15) is 31.9 Å². The fraction of sp³-hybridized carbons (Fsp3) is 0.417. The maximum Gasteiger partial charge on any atom is 0.164 e. The molecule has 0 amide bonds. The standard InChI is InChI=1S/C24H29NO3/c1-19(23(26)15-14-22-18-27-24(2,3)28-22)25(16-20-10-6-4-7-11-20)17-21-12-8-5-9-13-21/h4-13,19,22-23,26H,16-18H2,1-3H3/t19-,22+,23-/m0/s1. The minimum absolute atomic E-state index is 0.136. The summed E-state index contributed by atoms with van der Waals surface area (Å²) in [6, 6.07) is 20.5. The second-order valence-electron chi connectivity index (χ2n) is 7.67. The van der Waals surface area contributed by atoms with Gasteiger partial charge in [0.1, 0.15) is 12.2 Å². The van der Waals surface area contributed by atoms with E-state index < -0.39 is 11.9 Å². The van der Waals surface area contributed by atoms with Gasteiger partial charge >= 0.3 is 0 Å². The van der Waals surface area contributed by atoms with Crippen LogP contribution in [0.15, 0.2) is 60.7 Å². The number of aliphatic hydroxyl groups is 1. The molecule has 1 aliphatic heterocycles. The van der Waals surface area contributed by atoms with Crippen LogP contribution in [0.3, 0.4) is 0 Å². The van der Waals surface area contributed by atoms with Crippen molar-refractivity contribution in [1.29, 1.82) is 0 Å². The molecule has 28 heavy (non-hydrogen) atoms. The molecule has 4 heteroatoms. The zero-order valence-corrected chi connectivity index (χ0v) is 16.8. The smallest absolute Gasteiger partial charge is 0.164 e. The lowest BCUT2D eigenvalue weighted by molar-refractivity contribution is -0.132. The SMILES string of the molecule is C[C@@H]([C@@H](O)C#C[C@@H]1COC(C)(C)O1)N(Cc1ccccc1)Cc1ccccc1. The van der Waals surface area contributed by atoms with Crippen molar-refractivity contribution in [2.24, 2.45) is 0 Å². The van der Waals surface area contributed by atoms with E-state index in [0.29, 0.717) is 6.61 Å². The molecule has 148 valence electrons. The van der Waals surface area contributed by atoms with E-state index in [9.17, 15) is 5.11 Å². The minimum atomic E-state index is -0.778. The summed E-state index contributed by atoms with van der Waals surface area (Å²) in [5.74, 6) is 5.39. The number of benzene rings is 2. The average Bonchev–Trinajstić information content (AvgIpc) is 3.05. The second-order valence-corrected chi connectivity index (χ2v) is 7.67.